The first-order valence-corrected chi connectivity index (χ1v) is 6.50. The van der Waals surface area contributed by atoms with Gasteiger partial charge < -0.3 is 14.8 Å². The van der Waals surface area contributed by atoms with Crippen molar-refractivity contribution in [1.29, 1.82) is 0 Å². The molecule has 0 heterocycles. The predicted octanol–water partition coefficient (Wildman–Crippen LogP) is 3.24. The Morgan fingerprint density at radius 1 is 1.19 bits per heavy atom. The van der Waals surface area contributed by atoms with Crippen molar-refractivity contribution in [2.24, 2.45) is 0 Å². The van der Waals surface area contributed by atoms with Crippen LogP contribution in [-0.4, -0.2) is 19.6 Å². The molecule has 0 aliphatic carbocycles. The Bertz CT molecular complexity index is 602. The van der Waals surface area contributed by atoms with Crippen LogP contribution in [0.15, 0.2) is 48.5 Å². The van der Waals surface area contributed by atoms with Crippen molar-refractivity contribution in [3.05, 3.63) is 54.3 Å². The van der Waals surface area contributed by atoms with E-state index in [1.165, 1.54) is 25.3 Å². The first kappa shape index (κ1) is 14.8. The van der Waals surface area contributed by atoms with Crippen LogP contribution in [0.4, 0.5) is 10.1 Å². The fourth-order valence-corrected chi connectivity index (χ4v) is 1.77. The molecule has 0 atom stereocenters. The Kier molecular flexibility index (Phi) is 5.15. The van der Waals surface area contributed by atoms with Gasteiger partial charge in [0, 0.05) is 6.07 Å². The number of halogens is 1. The summed E-state index contributed by atoms with van der Waals surface area (Å²) in [5.74, 6) is 0.406. The second-order valence-electron chi connectivity index (χ2n) is 4.30. The zero-order valence-corrected chi connectivity index (χ0v) is 11.6. The lowest BCUT2D eigenvalue weighted by Crippen LogP contribution is -2.15. The minimum absolute atomic E-state index is 0.161. The van der Waals surface area contributed by atoms with Gasteiger partial charge in [-0.3, -0.25) is 4.79 Å². The molecule has 0 aliphatic rings. The molecule has 1 N–H and O–H groups in total. The molecule has 0 aromatic heterocycles. The number of carbonyl (C=O) groups excluding carboxylic acids is 1. The summed E-state index contributed by atoms with van der Waals surface area (Å²) in [7, 11) is 1.46. The molecule has 0 radical (unpaired) electrons. The minimum atomic E-state index is -0.438. The Balaban J connectivity index is 1.86. The van der Waals surface area contributed by atoms with Gasteiger partial charge >= 0.3 is 0 Å². The monoisotopic (exact) mass is 289 g/mol. The van der Waals surface area contributed by atoms with Crippen LogP contribution < -0.4 is 14.8 Å². The summed E-state index contributed by atoms with van der Waals surface area (Å²) in [6.45, 7) is 0.244. The molecule has 0 bridgehead atoms. The standard InChI is InChI=1S/C16H16FNO3/c1-20-15-8-7-12(17)11-14(15)18-16(19)9-10-21-13-5-3-2-4-6-13/h2-8,11H,9-10H2,1H3,(H,18,19). The number of methoxy groups -OCH3 is 1. The maximum Gasteiger partial charge on any atom is 0.227 e. The number of amides is 1. The van der Waals surface area contributed by atoms with E-state index in [-0.39, 0.29) is 18.9 Å². The van der Waals surface area contributed by atoms with E-state index in [4.69, 9.17) is 9.47 Å². The van der Waals surface area contributed by atoms with E-state index in [0.717, 1.165) is 0 Å². The van der Waals surface area contributed by atoms with E-state index in [1.54, 1.807) is 0 Å². The Morgan fingerprint density at radius 2 is 1.95 bits per heavy atom. The van der Waals surface area contributed by atoms with E-state index >= 15 is 0 Å². The van der Waals surface area contributed by atoms with Gasteiger partial charge in [0.2, 0.25) is 5.91 Å². The van der Waals surface area contributed by atoms with Gasteiger partial charge in [-0.25, -0.2) is 4.39 Å². The molecule has 0 unspecified atom stereocenters. The molecule has 0 fully saturated rings. The number of ether oxygens (including phenoxy) is 2. The quantitative estimate of drug-likeness (QED) is 0.888. The SMILES string of the molecule is COc1ccc(F)cc1NC(=O)CCOc1ccccc1. The van der Waals surface area contributed by atoms with E-state index in [9.17, 15) is 9.18 Å². The van der Waals surface area contributed by atoms with Gasteiger partial charge in [0.15, 0.2) is 0 Å². The molecule has 0 aliphatic heterocycles. The maximum absolute atomic E-state index is 13.2. The zero-order chi connectivity index (χ0) is 15.1. The van der Waals surface area contributed by atoms with Crippen LogP contribution in [-0.2, 0) is 4.79 Å². The average Bonchev–Trinajstić information content (AvgIpc) is 2.48. The maximum atomic E-state index is 13.2. The third-order valence-corrected chi connectivity index (χ3v) is 2.78. The van der Waals surface area contributed by atoms with Crippen molar-refractivity contribution in [3.8, 4) is 11.5 Å². The van der Waals surface area contributed by atoms with Gasteiger partial charge in [-0.2, -0.15) is 0 Å². The van der Waals surface area contributed by atoms with Gasteiger partial charge in [0.05, 0.1) is 25.8 Å². The van der Waals surface area contributed by atoms with E-state index in [0.29, 0.717) is 17.2 Å². The number of hydrogen-bond acceptors (Lipinski definition) is 3. The molecule has 0 spiro atoms. The zero-order valence-electron chi connectivity index (χ0n) is 11.6. The van der Waals surface area contributed by atoms with Crippen LogP contribution in [0.1, 0.15) is 6.42 Å². The highest BCUT2D eigenvalue weighted by Crippen LogP contribution is 2.24. The molecule has 2 rings (SSSR count). The highest BCUT2D eigenvalue weighted by atomic mass is 19.1. The van der Waals surface area contributed by atoms with Crippen LogP contribution >= 0.6 is 0 Å². The summed E-state index contributed by atoms with van der Waals surface area (Å²) in [5.41, 5.74) is 0.308. The molecule has 0 saturated carbocycles. The second kappa shape index (κ2) is 7.28. The predicted molar refractivity (Wildman–Crippen MR) is 78.1 cm³/mol. The number of para-hydroxylation sites is 1. The molecule has 0 saturated heterocycles. The molecular weight excluding hydrogens is 273 g/mol. The number of rotatable bonds is 6. The third kappa shape index (κ3) is 4.49. The highest BCUT2D eigenvalue weighted by Gasteiger charge is 2.09. The summed E-state index contributed by atoms with van der Waals surface area (Å²) < 4.78 is 23.7. The number of benzene rings is 2. The average molecular weight is 289 g/mol. The molecule has 4 nitrogen and oxygen atoms in total. The number of carbonyl (C=O) groups is 1. The van der Waals surface area contributed by atoms with Crippen molar-refractivity contribution in [3.63, 3.8) is 0 Å². The first-order chi connectivity index (χ1) is 10.2. The normalized spacial score (nSPS) is 10.0. The largest absolute Gasteiger partial charge is 0.495 e. The van der Waals surface area contributed by atoms with Crippen molar-refractivity contribution in [2.45, 2.75) is 6.42 Å². The van der Waals surface area contributed by atoms with Crippen LogP contribution in [0, 0.1) is 5.82 Å². The summed E-state index contributed by atoms with van der Waals surface area (Å²) in [6, 6.07) is 13.2. The van der Waals surface area contributed by atoms with Gasteiger partial charge in [0.25, 0.3) is 0 Å². The van der Waals surface area contributed by atoms with Gasteiger partial charge in [-0.05, 0) is 24.3 Å². The minimum Gasteiger partial charge on any atom is -0.495 e. The fourth-order valence-electron chi connectivity index (χ4n) is 1.77. The van der Waals surface area contributed by atoms with Crippen LogP contribution in [0.2, 0.25) is 0 Å². The lowest BCUT2D eigenvalue weighted by molar-refractivity contribution is -0.116. The third-order valence-electron chi connectivity index (χ3n) is 2.78. The molecule has 1 amide bonds. The van der Waals surface area contributed by atoms with Crippen molar-refractivity contribution in [1.82, 2.24) is 0 Å². The van der Waals surface area contributed by atoms with Crippen LogP contribution in [0.3, 0.4) is 0 Å². The van der Waals surface area contributed by atoms with Gasteiger partial charge in [0.1, 0.15) is 17.3 Å². The van der Waals surface area contributed by atoms with Gasteiger partial charge in [-0.15, -0.1) is 0 Å². The highest BCUT2D eigenvalue weighted by molar-refractivity contribution is 5.92. The summed E-state index contributed by atoms with van der Waals surface area (Å²) in [6.07, 6.45) is 0.161. The number of anilines is 1. The van der Waals surface area contributed by atoms with Crippen molar-refractivity contribution < 1.29 is 18.7 Å². The van der Waals surface area contributed by atoms with Crippen LogP contribution in [0.25, 0.3) is 0 Å². The fraction of sp³-hybridized carbons (Fsp3) is 0.188. The van der Waals surface area contributed by atoms with Crippen LogP contribution in [0.5, 0.6) is 11.5 Å². The lowest BCUT2D eigenvalue weighted by atomic mass is 10.2. The molecule has 110 valence electrons. The second-order valence-corrected chi connectivity index (χ2v) is 4.30. The molecule has 2 aromatic rings. The van der Waals surface area contributed by atoms with Crippen molar-refractivity contribution >= 4 is 11.6 Å². The molecule has 2 aromatic carbocycles. The van der Waals surface area contributed by atoms with E-state index < -0.39 is 5.82 Å². The Hall–Kier alpha value is -2.56. The number of hydrogen-bond donors (Lipinski definition) is 1. The summed E-state index contributed by atoms with van der Waals surface area (Å²) in [5, 5.41) is 2.60. The molecule has 21 heavy (non-hydrogen) atoms. The lowest BCUT2D eigenvalue weighted by Gasteiger charge is -2.10. The van der Waals surface area contributed by atoms with E-state index in [1.807, 2.05) is 30.3 Å². The summed E-state index contributed by atoms with van der Waals surface area (Å²) in [4.78, 5) is 11.8. The molecule has 5 heteroatoms. The Labute approximate surface area is 122 Å². The van der Waals surface area contributed by atoms with Crippen molar-refractivity contribution in [2.75, 3.05) is 19.0 Å². The summed E-state index contributed by atoms with van der Waals surface area (Å²) >= 11 is 0. The molecular formula is C16H16FNO3. The number of nitrogens with one attached hydrogen (secondary N) is 1. The van der Waals surface area contributed by atoms with Gasteiger partial charge in [-0.1, -0.05) is 18.2 Å². The van der Waals surface area contributed by atoms with E-state index in [2.05, 4.69) is 5.32 Å². The Morgan fingerprint density at radius 3 is 2.67 bits per heavy atom. The topological polar surface area (TPSA) is 47.6 Å². The smallest absolute Gasteiger partial charge is 0.227 e. The first-order valence-electron chi connectivity index (χ1n) is 6.50.